The summed E-state index contributed by atoms with van der Waals surface area (Å²) in [5, 5.41) is 0. The lowest BCUT2D eigenvalue weighted by Gasteiger charge is -2.20. The Morgan fingerprint density at radius 3 is 1.23 bits per heavy atom. The van der Waals surface area contributed by atoms with Crippen molar-refractivity contribution in [1.29, 1.82) is 0 Å². The molecule has 0 aromatic rings. The van der Waals surface area contributed by atoms with E-state index in [-0.39, 0.29) is 63.1 Å². The molecule has 12 heteroatoms. The third-order valence-electron chi connectivity index (χ3n) is 5.03. The highest BCUT2D eigenvalue weighted by Gasteiger charge is 2.15. The molecule has 0 bridgehead atoms. The maximum atomic E-state index is 11.3. The fourth-order valence-electron chi connectivity index (χ4n) is 2.56. The van der Waals surface area contributed by atoms with E-state index in [9.17, 15) is 19.2 Å². The van der Waals surface area contributed by atoms with Crippen molar-refractivity contribution in [2.75, 3.05) is 39.6 Å². The summed E-state index contributed by atoms with van der Waals surface area (Å²) < 4.78 is 41.9. The van der Waals surface area contributed by atoms with Crippen molar-refractivity contribution >= 4 is 23.9 Å². The van der Waals surface area contributed by atoms with Crippen LogP contribution in [0, 0.1) is 0 Å². The van der Waals surface area contributed by atoms with Crippen LogP contribution in [0.3, 0.4) is 0 Å². The smallest absolute Gasteiger partial charge is 0.333 e. The van der Waals surface area contributed by atoms with Crippen LogP contribution in [-0.2, 0) is 57.1 Å². The molecule has 0 aliphatic carbocycles. The van der Waals surface area contributed by atoms with Gasteiger partial charge in [0, 0.05) is 23.3 Å². The van der Waals surface area contributed by atoms with Gasteiger partial charge in [-0.15, -0.1) is 0 Å². The molecule has 0 aromatic carbocycles. The van der Waals surface area contributed by atoms with Crippen LogP contribution < -0.4 is 0 Å². The summed E-state index contributed by atoms with van der Waals surface area (Å²) in [7, 11) is 0. The van der Waals surface area contributed by atoms with Crippen LogP contribution in [0.15, 0.2) is 49.6 Å². The molecule has 0 rings (SSSR count). The molecule has 0 fully saturated rings. The fourth-order valence-corrected chi connectivity index (χ4v) is 2.56. The molecule has 0 radical (unpaired) electrons. The molecule has 0 aromatic heterocycles. The Morgan fingerprint density at radius 2 is 0.841 bits per heavy atom. The number of rotatable bonds is 22. The molecule has 12 nitrogen and oxygen atoms in total. The van der Waals surface area contributed by atoms with E-state index in [4.69, 9.17) is 37.9 Å². The first-order valence-electron chi connectivity index (χ1n) is 14.3. The predicted octanol–water partition coefficient (Wildman–Crippen LogP) is 4.07. The topological polar surface area (TPSA) is 142 Å². The molecule has 0 N–H and O–H groups in total. The third kappa shape index (κ3) is 25.2. The van der Waals surface area contributed by atoms with Crippen molar-refractivity contribution in [3.05, 3.63) is 49.6 Å². The second-order valence-electron chi connectivity index (χ2n) is 10.2. The quantitative estimate of drug-likeness (QED) is 0.0969. The highest BCUT2D eigenvalue weighted by Crippen LogP contribution is 2.04. The van der Waals surface area contributed by atoms with Crippen molar-refractivity contribution in [3.63, 3.8) is 0 Å². The molecule has 0 heterocycles. The van der Waals surface area contributed by atoms with Gasteiger partial charge in [-0.2, -0.15) is 0 Å². The predicted molar refractivity (Wildman–Crippen MR) is 165 cm³/mol. The van der Waals surface area contributed by atoms with Gasteiger partial charge in [-0.3, -0.25) is 0 Å². The summed E-state index contributed by atoms with van der Waals surface area (Å²) in [6.45, 7) is 29.1. The minimum Gasteiger partial charge on any atom is -0.460 e. The maximum absolute atomic E-state index is 11.3. The molecule has 0 spiro atoms. The van der Waals surface area contributed by atoms with Crippen molar-refractivity contribution < 1.29 is 57.1 Å². The standard InChI is InChI=1S/C17H28O6.C15H24O6/c1-11(2)16(18)22-9-14(6)20-8-13(5)21-10-15(7)23-17(19)12(3)4;1-6-14(16)20-9-12(4)18-8-11(3)19-10-13(5)21-15(17)7-2/h13-15H,1,3,8-10H2,2,4-7H3;6-7,11-13H,1-2,8-10H2,3-5H3. The van der Waals surface area contributed by atoms with E-state index in [0.29, 0.717) is 24.4 Å². The lowest BCUT2D eigenvalue weighted by atomic mass is 10.3. The number of carbonyl (C=O) groups excluding carboxylic acids is 4. The number of hydrogen-bond donors (Lipinski definition) is 0. The monoisotopic (exact) mass is 628 g/mol. The van der Waals surface area contributed by atoms with E-state index in [1.165, 1.54) is 0 Å². The molecule has 0 amide bonds. The maximum Gasteiger partial charge on any atom is 0.333 e. The van der Waals surface area contributed by atoms with Gasteiger partial charge in [0.1, 0.15) is 25.4 Å². The Kier molecular flexibility index (Phi) is 24.4. The van der Waals surface area contributed by atoms with Crippen molar-refractivity contribution in [3.8, 4) is 0 Å². The zero-order valence-electron chi connectivity index (χ0n) is 27.6. The Morgan fingerprint density at radius 1 is 0.500 bits per heavy atom. The Labute approximate surface area is 262 Å². The van der Waals surface area contributed by atoms with Crippen molar-refractivity contribution in [1.82, 2.24) is 0 Å². The minimum atomic E-state index is -0.479. The molecular formula is C32H52O12. The van der Waals surface area contributed by atoms with Gasteiger partial charge in [0.25, 0.3) is 0 Å². The minimum absolute atomic E-state index is 0.158. The molecular weight excluding hydrogens is 576 g/mol. The van der Waals surface area contributed by atoms with Crippen LogP contribution in [-0.4, -0.2) is 100 Å². The summed E-state index contributed by atoms with van der Waals surface area (Å²) in [4.78, 5) is 44.4. The van der Waals surface area contributed by atoms with Gasteiger partial charge in [0.05, 0.1) is 50.8 Å². The van der Waals surface area contributed by atoms with Crippen LogP contribution in [0.4, 0.5) is 0 Å². The average molecular weight is 629 g/mol. The van der Waals surface area contributed by atoms with Crippen LogP contribution in [0.25, 0.3) is 0 Å². The van der Waals surface area contributed by atoms with E-state index in [0.717, 1.165) is 12.2 Å². The molecule has 252 valence electrons. The number of ether oxygens (including phenoxy) is 8. The average Bonchev–Trinajstić information content (AvgIpc) is 2.98. The van der Waals surface area contributed by atoms with Gasteiger partial charge in [0.15, 0.2) is 0 Å². The fraction of sp³-hybridized carbons (Fsp3) is 0.625. The normalized spacial score (nSPS) is 14.5. The van der Waals surface area contributed by atoms with Crippen LogP contribution in [0.5, 0.6) is 0 Å². The van der Waals surface area contributed by atoms with Gasteiger partial charge in [-0.05, 0) is 55.4 Å². The van der Waals surface area contributed by atoms with Gasteiger partial charge in [0.2, 0.25) is 0 Å². The highest BCUT2D eigenvalue weighted by molar-refractivity contribution is 5.87. The zero-order chi connectivity index (χ0) is 34.2. The van der Waals surface area contributed by atoms with E-state index in [1.54, 1.807) is 41.5 Å². The van der Waals surface area contributed by atoms with Crippen LogP contribution in [0.1, 0.15) is 55.4 Å². The Bertz CT molecular complexity index is 928. The van der Waals surface area contributed by atoms with Gasteiger partial charge >= 0.3 is 23.9 Å². The molecule has 0 saturated heterocycles. The van der Waals surface area contributed by atoms with Crippen molar-refractivity contribution in [2.24, 2.45) is 0 Å². The van der Waals surface area contributed by atoms with Crippen molar-refractivity contribution in [2.45, 2.75) is 92.0 Å². The molecule has 6 atom stereocenters. The lowest BCUT2D eigenvalue weighted by Crippen LogP contribution is -2.28. The molecule has 0 saturated carbocycles. The summed E-state index contributed by atoms with van der Waals surface area (Å²) in [5.41, 5.74) is 0.707. The van der Waals surface area contributed by atoms with Crippen LogP contribution in [0.2, 0.25) is 0 Å². The Balaban J connectivity index is 0. The lowest BCUT2D eigenvalue weighted by molar-refractivity contribution is -0.149. The molecule has 44 heavy (non-hydrogen) atoms. The van der Waals surface area contributed by atoms with Crippen LogP contribution >= 0.6 is 0 Å². The molecule has 0 aliphatic rings. The second kappa shape index (κ2) is 25.1. The first-order valence-corrected chi connectivity index (χ1v) is 14.3. The Hall–Kier alpha value is -3.32. The summed E-state index contributed by atoms with van der Waals surface area (Å²) in [6.07, 6.45) is 0.644. The van der Waals surface area contributed by atoms with Gasteiger partial charge < -0.3 is 37.9 Å². The number of hydrogen-bond acceptors (Lipinski definition) is 12. The third-order valence-corrected chi connectivity index (χ3v) is 5.03. The molecule has 6 unspecified atom stereocenters. The summed E-state index contributed by atoms with van der Waals surface area (Å²) in [6, 6.07) is 0. The van der Waals surface area contributed by atoms with E-state index < -0.39 is 23.9 Å². The summed E-state index contributed by atoms with van der Waals surface area (Å²) in [5.74, 6) is -1.82. The summed E-state index contributed by atoms with van der Waals surface area (Å²) >= 11 is 0. The molecule has 0 aliphatic heterocycles. The van der Waals surface area contributed by atoms with E-state index in [1.807, 2.05) is 13.8 Å². The number of carbonyl (C=O) groups is 4. The SMILES string of the molecule is C=C(C)C(=O)OCC(C)OCC(C)OCC(C)OC(=O)C(=C)C.C=CC(=O)OCC(C)OCC(C)OCC(C)OC(=O)C=C. The first kappa shape index (κ1) is 42.8. The zero-order valence-corrected chi connectivity index (χ0v) is 27.6. The second-order valence-corrected chi connectivity index (χ2v) is 10.2. The highest BCUT2D eigenvalue weighted by atomic mass is 16.6. The number of esters is 4. The largest absolute Gasteiger partial charge is 0.460 e. The van der Waals surface area contributed by atoms with Gasteiger partial charge in [-0.25, -0.2) is 19.2 Å². The first-order chi connectivity index (χ1) is 20.5. The van der Waals surface area contributed by atoms with E-state index >= 15 is 0 Å². The van der Waals surface area contributed by atoms with E-state index in [2.05, 4.69) is 26.3 Å². The van der Waals surface area contributed by atoms with Gasteiger partial charge in [-0.1, -0.05) is 26.3 Å².